The highest BCUT2D eigenvalue weighted by molar-refractivity contribution is 5.79. The van der Waals surface area contributed by atoms with E-state index >= 15 is 0 Å². The van der Waals surface area contributed by atoms with Gasteiger partial charge in [0.2, 0.25) is 0 Å². The Morgan fingerprint density at radius 1 is 1.46 bits per heavy atom. The molecule has 1 heterocycles. The first-order valence-electron chi connectivity index (χ1n) is 8.23. The third-order valence-corrected chi connectivity index (χ3v) is 4.92. The smallest absolute Gasteiger partial charge is 0.309 e. The van der Waals surface area contributed by atoms with Crippen molar-refractivity contribution < 1.29 is 24.2 Å². The van der Waals surface area contributed by atoms with Crippen molar-refractivity contribution in [3.63, 3.8) is 0 Å². The van der Waals surface area contributed by atoms with Crippen LogP contribution < -0.4 is 4.74 Å². The minimum absolute atomic E-state index is 0.109. The molecule has 1 aromatic carbocycles. The van der Waals surface area contributed by atoms with Gasteiger partial charge in [-0.25, -0.2) is 0 Å². The molecule has 0 radical (unpaired) electrons. The maximum atomic E-state index is 12.3. The van der Waals surface area contributed by atoms with E-state index in [0.717, 1.165) is 17.4 Å². The molecule has 0 fully saturated rings. The van der Waals surface area contributed by atoms with Gasteiger partial charge in [0.25, 0.3) is 0 Å². The van der Waals surface area contributed by atoms with Crippen molar-refractivity contribution in [1.82, 2.24) is 0 Å². The molecule has 1 aliphatic heterocycles. The first-order chi connectivity index (χ1) is 11.4. The van der Waals surface area contributed by atoms with Crippen molar-refractivity contribution in [1.29, 1.82) is 0 Å². The number of carbonyl (C=O) groups is 2. The first-order valence-corrected chi connectivity index (χ1v) is 8.23. The minimum Gasteiger partial charge on any atom is -0.508 e. The zero-order valence-corrected chi connectivity index (χ0v) is 14.1. The Morgan fingerprint density at radius 3 is 2.88 bits per heavy atom. The van der Waals surface area contributed by atoms with Crippen LogP contribution in [0.25, 0.3) is 0 Å². The molecule has 24 heavy (non-hydrogen) atoms. The summed E-state index contributed by atoms with van der Waals surface area (Å²) in [5.41, 5.74) is 1.22. The molecule has 0 amide bonds. The van der Waals surface area contributed by atoms with Crippen LogP contribution in [0.5, 0.6) is 11.5 Å². The van der Waals surface area contributed by atoms with Gasteiger partial charge in [-0.2, -0.15) is 0 Å². The standard InChI is InChI=1S/C19H22O5/c1-4-23-18(22)12-7-8-15-17(14(12)10-20)13-6-5-11(21)9-16(13)24-19(15,2)3/h5-6,8-10,12,14,17,21H,4,7H2,1-3H3. The fraction of sp³-hybridized carbons (Fsp3) is 0.474. The topological polar surface area (TPSA) is 72.8 Å². The third kappa shape index (κ3) is 2.58. The average Bonchev–Trinajstić information content (AvgIpc) is 2.53. The fourth-order valence-electron chi connectivity index (χ4n) is 3.85. The third-order valence-electron chi connectivity index (χ3n) is 4.92. The van der Waals surface area contributed by atoms with Gasteiger partial charge in [0.05, 0.1) is 12.5 Å². The quantitative estimate of drug-likeness (QED) is 0.524. The number of allylic oxidation sites excluding steroid dienone is 1. The molecular weight excluding hydrogens is 308 g/mol. The van der Waals surface area contributed by atoms with Crippen LogP contribution in [0.2, 0.25) is 0 Å². The van der Waals surface area contributed by atoms with Gasteiger partial charge in [-0.3, -0.25) is 4.79 Å². The lowest BCUT2D eigenvalue weighted by atomic mass is 9.64. The monoisotopic (exact) mass is 330 g/mol. The Hall–Kier alpha value is -2.30. The summed E-state index contributed by atoms with van der Waals surface area (Å²) in [5, 5.41) is 9.75. The number of carbonyl (C=O) groups excluding carboxylic acids is 2. The molecule has 1 aromatic rings. The van der Waals surface area contributed by atoms with E-state index in [-0.39, 0.29) is 17.6 Å². The van der Waals surface area contributed by atoms with Gasteiger partial charge in [0.15, 0.2) is 0 Å². The molecular formula is C19H22O5. The lowest BCUT2D eigenvalue weighted by Gasteiger charge is -2.45. The summed E-state index contributed by atoms with van der Waals surface area (Å²) in [6.07, 6.45) is 3.33. The van der Waals surface area contributed by atoms with Gasteiger partial charge < -0.3 is 19.4 Å². The van der Waals surface area contributed by atoms with Crippen LogP contribution >= 0.6 is 0 Å². The number of rotatable bonds is 3. The molecule has 0 spiro atoms. The van der Waals surface area contributed by atoms with Crippen molar-refractivity contribution in [3.05, 3.63) is 35.4 Å². The van der Waals surface area contributed by atoms with E-state index in [9.17, 15) is 14.7 Å². The predicted octanol–water partition coefficient (Wildman–Crippen LogP) is 2.97. The highest BCUT2D eigenvalue weighted by atomic mass is 16.5. The predicted molar refractivity (Wildman–Crippen MR) is 87.9 cm³/mol. The second-order valence-electron chi connectivity index (χ2n) is 6.78. The van der Waals surface area contributed by atoms with E-state index in [0.29, 0.717) is 18.8 Å². The van der Waals surface area contributed by atoms with Gasteiger partial charge in [0.1, 0.15) is 23.4 Å². The average molecular weight is 330 g/mol. The molecule has 0 aromatic heterocycles. The molecule has 0 saturated carbocycles. The maximum absolute atomic E-state index is 12.3. The van der Waals surface area contributed by atoms with Crippen LogP contribution in [0, 0.1) is 11.8 Å². The zero-order chi connectivity index (χ0) is 17.5. The first kappa shape index (κ1) is 16.6. The van der Waals surface area contributed by atoms with Crippen LogP contribution in [0.1, 0.15) is 38.7 Å². The van der Waals surface area contributed by atoms with E-state index in [4.69, 9.17) is 9.47 Å². The lowest BCUT2D eigenvalue weighted by molar-refractivity contribution is -0.151. The fourth-order valence-corrected chi connectivity index (χ4v) is 3.85. The normalized spacial score (nSPS) is 27.1. The highest BCUT2D eigenvalue weighted by Crippen LogP contribution is 2.53. The minimum atomic E-state index is -0.605. The number of aromatic hydroxyl groups is 1. The Morgan fingerprint density at radius 2 is 2.21 bits per heavy atom. The molecule has 3 atom stereocenters. The largest absolute Gasteiger partial charge is 0.508 e. The van der Waals surface area contributed by atoms with Crippen LogP contribution in [0.4, 0.5) is 0 Å². The Balaban J connectivity index is 2.11. The Bertz CT molecular complexity index is 704. The molecule has 2 aliphatic rings. The molecule has 128 valence electrons. The highest BCUT2D eigenvalue weighted by Gasteiger charge is 2.48. The van der Waals surface area contributed by atoms with Crippen molar-refractivity contribution in [2.75, 3.05) is 6.61 Å². The van der Waals surface area contributed by atoms with Crippen molar-refractivity contribution in [3.8, 4) is 11.5 Å². The molecule has 1 N–H and O–H groups in total. The second-order valence-corrected chi connectivity index (χ2v) is 6.78. The molecule has 1 aliphatic carbocycles. The van der Waals surface area contributed by atoms with Crippen LogP contribution in [-0.2, 0) is 14.3 Å². The SMILES string of the molecule is CCOC(=O)C1CC=C2C(c3ccc(O)cc3OC2(C)C)C1C=O. The number of benzene rings is 1. The van der Waals surface area contributed by atoms with Crippen LogP contribution in [0.3, 0.4) is 0 Å². The van der Waals surface area contributed by atoms with E-state index < -0.39 is 17.4 Å². The van der Waals surface area contributed by atoms with Gasteiger partial charge >= 0.3 is 5.97 Å². The van der Waals surface area contributed by atoms with E-state index in [1.165, 1.54) is 0 Å². The van der Waals surface area contributed by atoms with Gasteiger partial charge in [-0.05, 0) is 38.8 Å². The van der Waals surface area contributed by atoms with E-state index in [1.54, 1.807) is 25.1 Å². The summed E-state index contributed by atoms with van der Waals surface area (Å²) < 4.78 is 11.2. The molecule has 3 unspecified atom stereocenters. The number of hydrogen-bond donors (Lipinski definition) is 1. The van der Waals surface area contributed by atoms with Crippen LogP contribution in [-0.4, -0.2) is 29.6 Å². The van der Waals surface area contributed by atoms with E-state index in [2.05, 4.69) is 0 Å². The molecule has 5 nitrogen and oxygen atoms in total. The summed E-state index contributed by atoms with van der Waals surface area (Å²) in [4.78, 5) is 24.2. The number of phenols is 1. The number of esters is 1. The summed E-state index contributed by atoms with van der Waals surface area (Å²) >= 11 is 0. The van der Waals surface area contributed by atoms with Crippen molar-refractivity contribution in [2.24, 2.45) is 11.8 Å². The number of phenolic OH excluding ortho intramolecular Hbond substituents is 1. The summed E-state index contributed by atoms with van der Waals surface area (Å²) in [6, 6.07) is 4.90. The molecule has 5 heteroatoms. The van der Waals surface area contributed by atoms with Crippen molar-refractivity contribution in [2.45, 2.75) is 38.7 Å². The van der Waals surface area contributed by atoms with Gasteiger partial charge in [-0.1, -0.05) is 12.1 Å². The maximum Gasteiger partial charge on any atom is 0.309 e. The lowest BCUT2D eigenvalue weighted by Crippen LogP contribution is -2.45. The molecule has 0 bridgehead atoms. The summed E-state index contributed by atoms with van der Waals surface area (Å²) in [5.74, 6) is -0.919. The molecule has 3 rings (SSSR count). The van der Waals surface area contributed by atoms with Crippen molar-refractivity contribution >= 4 is 12.3 Å². The summed E-state index contributed by atoms with van der Waals surface area (Å²) in [6.45, 7) is 5.92. The van der Waals surface area contributed by atoms with Crippen LogP contribution in [0.15, 0.2) is 29.8 Å². The Kier molecular flexibility index (Phi) is 4.11. The molecule has 0 saturated heterocycles. The second kappa shape index (κ2) is 5.96. The number of aldehydes is 1. The Labute approximate surface area is 141 Å². The number of hydrogen-bond acceptors (Lipinski definition) is 5. The number of ether oxygens (including phenoxy) is 2. The van der Waals surface area contributed by atoms with E-state index in [1.807, 2.05) is 19.9 Å². The zero-order valence-electron chi connectivity index (χ0n) is 14.1. The van der Waals surface area contributed by atoms with Gasteiger partial charge in [0, 0.05) is 23.5 Å². The van der Waals surface area contributed by atoms with Gasteiger partial charge in [-0.15, -0.1) is 0 Å². The summed E-state index contributed by atoms with van der Waals surface area (Å²) in [7, 11) is 0. The number of fused-ring (bicyclic) bond motifs is 3.